The number of aromatic nitrogens is 2. The third-order valence-electron chi connectivity index (χ3n) is 2.92. The molecule has 0 unspecified atom stereocenters. The number of nitrogens with zero attached hydrogens (tertiary/aromatic N) is 2. The predicted octanol–water partition coefficient (Wildman–Crippen LogP) is 0.544. The maximum absolute atomic E-state index is 5.73. The molecule has 1 aliphatic heterocycles. The van der Waals surface area contributed by atoms with Crippen LogP contribution in [0.4, 0.5) is 5.82 Å². The number of aryl methyl sites for hydroxylation is 1. The molecule has 1 aromatic heterocycles. The van der Waals surface area contributed by atoms with Crippen LogP contribution >= 0.6 is 0 Å². The second-order valence-corrected chi connectivity index (χ2v) is 4.08. The summed E-state index contributed by atoms with van der Waals surface area (Å²) in [4.78, 5) is 0. The van der Waals surface area contributed by atoms with Gasteiger partial charge in [-0.05, 0) is 38.3 Å². The van der Waals surface area contributed by atoms with Crippen LogP contribution < -0.4 is 11.1 Å². The lowest BCUT2D eigenvalue weighted by molar-refractivity contribution is 0.369. The Bertz CT molecular complexity index is 280. The molecule has 1 fully saturated rings. The third-order valence-corrected chi connectivity index (χ3v) is 2.92. The fourth-order valence-corrected chi connectivity index (χ4v) is 2.02. The first-order chi connectivity index (χ1) is 6.75. The highest BCUT2D eigenvalue weighted by Crippen LogP contribution is 2.18. The summed E-state index contributed by atoms with van der Waals surface area (Å²) in [5, 5.41) is 7.74. The number of anilines is 1. The highest BCUT2D eigenvalue weighted by atomic mass is 15.3. The SMILES string of the molecule is Cn1nc(CC2CCNCC2)cc1N. The number of nitrogen functional groups attached to an aromatic ring is 1. The second kappa shape index (κ2) is 4.00. The number of nitrogens with two attached hydrogens (primary N) is 1. The van der Waals surface area contributed by atoms with Crippen LogP contribution in [-0.2, 0) is 13.5 Å². The van der Waals surface area contributed by atoms with Crippen molar-refractivity contribution >= 4 is 5.82 Å². The Labute approximate surface area is 84.5 Å². The van der Waals surface area contributed by atoms with Crippen LogP contribution in [0.2, 0.25) is 0 Å². The summed E-state index contributed by atoms with van der Waals surface area (Å²) in [7, 11) is 1.89. The van der Waals surface area contributed by atoms with E-state index in [9.17, 15) is 0 Å². The number of piperidine rings is 1. The first-order valence-corrected chi connectivity index (χ1v) is 5.25. The van der Waals surface area contributed by atoms with Gasteiger partial charge in [-0.1, -0.05) is 0 Å². The van der Waals surface area contributed by atoms with Gasteiger partial charge in [0.15, 0.2) is 0 Å². The molecule has 2 rings (SSSR count). The second-order valence-electron chi connectivity index (χ2n) is 4.08. The van der Waals surface area contributed by atoms with Gasteiger partial charge >= 0.3 is 0 Å². The van der Waals surface area contributed by atoms with Crippen molar-refractivity contribution in [2.75, 3.05) is 18.8 Å². The minimum absolute atomic E-state index is 0.758. The predicted molar refractivity (Wildman–Crippen MR) is 56.9 cm³/mol. The zero-order valence-electron chi connectivity index (χ0n) is 8.66. The molecule has 14 heavy (non-hydrogen) atoms. The van der Waals surface area contributed by atoms with E-state index < -0.39 is 0 Å². The van der Waals surface area contributed by atoms with Crippen molar-refractivity contribution in [2.24, 2.45) is 13.0 Å². The summed E-state index contributed by atoms with van der Waals surface area (Å²) in [6.45, 7) is 2.29. The first kappa shape index (κ1) is 9.52. The summed E-state index contributed by atoms with van der Waals surface area (Å²) >= 11 is 0. The van der Waals surface area contributed by atoms with Crippen LogP contribution in [0.15, 0.2) is 6.07 Å². The van der Waals surface area contributed by atoms with Crippen LogP contribution in [0, 0.1) is 5.92 Å². The Balaban J connectivity index is 1.95. The normalized spacial score (nSPS) is 18.6. The largest absolute Gasteiger partial charge is 0.384 e. The van der Waals surface area contributed by atoms with E-state index in [1.165, 1.54) is 12.8 Å². The topological polar surface area (TPSA) is 55.9 Å². The standard InChI is InChI=1S/C10H18N4/c1-14-10(11)7-9(13-14)6-8-2-4-12-5-3-8/h7-8,12H,2-6,11H2,1H3. The molecule has 0 saturated carbocycles. The third kappa shape index (κ3) is 2.07. The summed E-state index contributed by atoms with van der Waals surface area (Å²) in [6, 6.07) is 1.99. The van der Waals surface area contributed by atoms with Crippen molar-refractivity contribution in [1.82, 2.24) is 15.1 Å². The fraction of sp³-hybridized carbons (Fsp3) is 0.700. The Hall–Kier alpha value is -1.03. The molecule has 1 saturated heterocycles. The molecular weight excluding hydrogens is 176 g/mol. The molecule has 0 bridgehead atoms. The van der Waals surface area contributed by atoms with E-state index in [1.54, 1.807) is 4.68 Å². The van der Waals surface area contributed by atoms with Gasteiger partial charge in [-0.3, -0.25) is 4.68 Å². The molecule has 4 heteroatoms. The van der Waals surface area contributed by atoms with Gasteiger partial charge in [-0.15, -0.1) is 0 Å². The Morgan fingerprint density at radius 2 is 2.29 bits per heavy atom. The molecule has 4 nitrogen and oxygen atoms in total. The molecule has 0 aliphatic carbocycles. The zero-order chi connectivity index (χ0) is 9.97. The summed E-state index contributed by atoms with van der Waals surface area (Å²) < 4.78 is 1.75. The molecule has 0 radical (unpaired) electrons. The average molecular weight is 194 g/mol. The summed E-state index contributed by atoms with van der Waals surface area (Å²) in [5.74, 6) is 1.54. The molecule has 2 heterocycles. The smallest absolute Gasteiger partial charge is 0.121 e. The first-order valence-electron chi connectivity index (χ1n) is 5.25. The summed E-state index contributed by atoms with van der Waals surface area (Å²) in [5.41, 5.74) is 6.87. The van der Waals surface area contributed by atoms with E-state index in [1.807, 2.05) is 13.1 Å². The highest BCUT2D eigenvalue weighted by Gasteiger charge is 2.15. The van der Waals surface area contributed by atoms with E-state index in [0.29, 0.717) is 0 Å². The van der Waals surface area contributed by atoms with E-state index in [-0.39, 0.29) is 0 Å². The molecule has 0 amide bonds. The molecule has 0 atom stereocenters. The van der Waals surface area contributed by atoms with Crippen LogP contribution in [0.3, 0.4) is 0 Å². The number of hydrogen-bond donors (Lipinski definition) is 2. The maximum atomic E-state index is 5.73. The van der Waals surface area contributed by atoms with Crippen molar-refractivity contribution in [3.8, 4) is 0 Å². The van der Waals surface area contributed by atoms with Crippen molar-refractivity contribution < 1.29 is 0 Å². The number of hydrogen-bond acceptors (Lipinski definition) is 3. The number of rotatable bonds is 2. The Kier molecular flexibility index (Phi) is 2.72. The van der Waals surface area contributed by atoms with Gasteiger partial charge in [0.25, 0.3) is 0 Å². The van der Waals surface area contributed by atoms with Gasteiger partial charge in [0.05, 0.1) is 5.69 Å². The van der Waals surface area contributed by atoms with Crippen LogP contribution in [0.5, 0.6) is 0 Å². The monoisotopic (exact) mass is 194 g/mol. The van der Waals surface area contributed by atoms with Crippen molar-refractivity contribution in [3.05, 3.63) is 11.8 Å². The molecule has 78 valence electrons. The van der Waals surface area contributed by atoms with E-state index >= 15 is 0 Å². The van der Waals surface area contributed by atoms with Gasteiger partial charge < -0.3 is 11.1 Å². The van der Waals surface area contributed by atoms with E-state index in [2.05, 4.69) is 10.4 Å². The average Bonchev–Trinajstić information content (AvgIpc) is 2.47. The van der Waals surface area contributed by atoms with Gasteiger partial charge in [-0.2, -0.15) is 5.10 Å². The molecule has 0 aromatic carbocycles. The van der Waals surface area contributed by atoms with Crippen molar-refractivity contribution in [2.45, 2.75) is 19.3 Å². The van der Waals surface area contributed by atoms with Crippen LogP contribution in [-0.4, -0.2) is 22.9 Å². The lowest BCUT2D eigenvalue weighted by Crippen LogP contribution is -2.28. The van der Waals surface area contributed by atoms with Gasteiger partial charge in [-0.25, -0.2) is 0 Å². The quantitative estimate of drug-likeness (QED) is 0.722. The van der Waals surface area contributed by atoms with E-state index in [4.69, 9.17) is 5.73 Å². The van der Waals surface area contributed by atoms with Gasteiger partial charge in [0.1, 0.15) is 5.82 Å². The van der Waals surface area contributed by atoms with Crippen LogP contribution in [0.1, 0.15) is 18.5 Å². The van der Waals surface area contributed by atoms with Crippen molar-refractivity contribution in [3.63, 3.8) is 0 Å². The summed E-state index contributed by atoms with van der Waals surface area (Å²) in [6.07, 6.45) is 3.60. The Morgan fingerprint density at radius 3 is 2.86 bits per heavy atom. The Morgan fingerprint density at radius 1 is 1.57 bits per heavy atom. The fourth-order valence-electron chi connectivity index (χ4n) is 2.02. The minimum atomic E-state index is 0.758. The van der Waals surface area contributed by atoms with Gasteiger partial charge in [0.2, 0.25) is 0 Å². The minimum Gasteiger partial charge on any atom is -0.384 e. The van der Waals surface area contributed by atoms with Gasteiger partial charge in [0, 0.05) is 13.1 Å². The molecule has 1 aromatic rings. The van der Waals surface area contributed by atoms with Crippen LogP contribution in [0.25, 0.3) is 0 Å². The lowest BCUT2D eigenvalue weighted by Gasteiger charge is -2.21. The van der Waals surface area contributed by atoms with Crippen molar-refractivity contribution in [1.29, 1.82) is 0 Å². The lowest BCUT2D eigenvalue weighted by atomic mass is 9.93. The molecule has 3 N–H and O–H groups in total. The number of nitrogens with one attached hydrogen (secondary N) is 1. The molecule has 1 aliphatic rings. The maximum Gasteiger partial charge on any atom is 0.121 e. The highest BCUT2D eigenvalue weighted by molar-refractivity contribution is 5.30. The van der Waals surface area contributed by atoms with E-state index in [0.717, 1.165) is 36.9 Å². The zero-order valence-corrected chi connectivity index (χ0v) is 8.66. The molecule has 0 spiro atoms. The molecular formula is C10H18N4.